The van der Waals surface area contributed by atoms with Gasteiger partial charge >= 0.3 is 0 Å². The zero-order valence-corrected chi connectivity index (χ0v) is 27.1. The maximum Gasteiger partial charge on any atom is 0.261 e. The molecule has 0 saturated carbocycles. The number of anilines is 1. The van der Waals surface area contributed by atoms with Crippen LogP contribution >= 0.6 is 0 Å². The van der Waals surface area contributed by atoms with Crippen molar-refractivity contribution < 1.29 is 13.2 Å². The molecule has 0 amide bonds. The highest BCUT2D eigenvalue weighted by Gasteiger charge is 2.38. The number of hydrogen-bond acceptors (Lipinski definition) is 5. The molecule has 240 valence electrons. The first-order valence-electron chi connectivity index (χ1n) is 16.0. The van der Waals surface area contributed by atoms with Crippen LogP contribution in [0.4, 0.5) is 19.0 Å². The van der Waals surface area contributed by atoms with Gasteiger partial charge in [-0.2, -0.15) is 0 Å². The van der Waals surface area contributed by atoms with E-state index in [4.69, 9.17) is 9.97 Å². The maximum absolute atomic E-state index is 17.1. The van der Waals surface area contributed by atoms with E-state index in [1.807, 2.05) is 82.2 Å². The van der Waals surface area contributed by atoms with E-state index in [0.717, 1.165) is 54.1 Å². The molecule has 5 rings (SSSR count). The highest BCUT2D eigenvalue weighted by Crippen LogP contribution is 2.40. The van der Waals surface area contributed by atoms with Crippen molar-refractivity contribution in [2.24, 2.45) is 0 Å². The van der Waals surface area contributed by atoms with E-state index >= 15 is 4.39 Å². The maximum atomic E-state index is 17.1. The molecule has 5 heterocycles. The van der Waals surface area contributed by atoms with Gasteiger partial charge in [-0.05, 0) is 64.2 Å². The number of H-pyrrole nitrogens is 1. The summed E-state index contributed by atoms with van der Waals surface area (Å²) in [5.74, 6) is -1.57. The largest absolute Gasteiger partial charge is 0.371 e. The Morgan fingerprint density at radius 1 is 1.07 bits per heavy atom. The zero-order valence-electron chi connectivity index (χ0n) is 27.1. The number of hydrogen-bond donors (Lipinski definition) is 1. The first kappa shape index (κ1) is 32.5. The Morgan fingerprint density at radius 3 is 2.49 bits per heavy atom. The molecule has 2 saturated heterocycles. The Balaban J connectivity index is 1.56. The second-order valence-electron chi connectivity index (χ2n) is 12.0. The molecule has 0 radical (unpaired) electrons. The predicted molar refractivity (Wildman–Crippen MR) is 179 cm³/mol. The minimum atomic E-state index is -2.67. The third kappa shape index (κ3) is 7.03. The normalized spacial score (nSPS) is 22.7. The van der Waals surface area contributed by atoms with E-state index in [-0.39, 0.29) is 18.8 Å². The monoisotopic (exact) mass is 618 g/mol. The van der Waals surface area contributed by atoms with Crippen LogP contribution in [0.1, 0.15) is 59.2 Å². The van der Waals surface area contributed by atoms with Gasteiger partial charge in [0.1, 0.15) is 17.2 Å². The number of pyridine rings is 1. The molecule has 3 aliphatic heterocycles. The molecule has 0 atom stereocenters. The molecule has 9 heteroatoms. The van der Waals surface area contributed by atoms with Crippen LogP contribution in [0.2, 0.25) is 0 Å². The fourth-order valence-corrected chi connectivity index (χ4v) is 6.59. The highest BCUT2D eigenvalue weighted by molar-refractivity contribution is 5.92. The lowest BCUT2D eigenvalue weighted by Gasteiger charge is -2.30. The van der Waals surface area contributed by atoms with Crippen molar-refractivity contribution in [3.8, 4) is 0 Å². The third-order valence-electron chi connectivity index (χ3n) is 8.81. The molecule has 1 N–H and O–H groups in total. The molecular weight excluding hydrogens is 573 g/mol. The van der Waals surface area contributed by atoms with Crippen molar-refractivity contribution >= 4 is 22.4 Å². The summed E-state index contributed by atoms with van der Waals surface area (Å²) in [5, 5.41) is 0. The van der Waals surface area contributed by atoms with Crippen LogP contribution in [-0.4, -0.2) is 77.0 Å². The zero-order chi connectivity index (χ0) is 32.1. The third-order valence-corrected chi connectivity index (χ3v) is 8.81. The number of fused-ring (bicyclic) bond motifs is 1. The van der Waals surface area contributed by atoms with Crippen molar-refractivity contribution in [2.45, 2.75) is 59.3 Å². The Hall–Kier alpha value is -3.85. The number of nitrogens with one attached hydrogen (secondary N) is 1. The van der Waals surface area contributed by atoms with Gasteiger partial charge < -0.3 is 14.8 Å². The molecule has 2 aromatic heterocycles. The number of imidazole rings is 1. The number of aromatic amines is 1. The van der Waals surface area contributed by atoms with Gasteiger partial charge in [0, 0.05) is 74.8 Å². The van der Waals surface area contributed by atoms with Crippen LogP contribution in [0.15, 0.2) is 88.6 Å². The van der Waals surface area contributed by atoms with Gasteiger partial charge in [-0.25, -0.2) is 23.1 Å². The van der Waals surface area contributed by atoms with Gasteiger partial charge in [0.05, 0.1) is 12.1 Å². The molecule has 2 aromatic rings. The highest BCUT2D eigenvalue weighted by atomic mass is 19.3. The standard InChI is InChI=1S/C36H45F3N6/c1-6-13-25(23-44-21-16-36(38,39)24-44)22-26(7-2)27(8-3)32(37)31-28(15-20-43(5)30(31)9-4)34-41-29-14-17-40-35(33(29)42-34)45-18-11-10-12-19-45/h6-9,13-15,17,22H,10-12,16,18-21,23-24H2,1-5H3,(H,41,42)/b13-6+,25-22+,26-7+,27-8+,30-9+,32-31+. The number of allylic oxidation sites excluding steroid dienone is 9. The number of rotatable bonds is 8. The quantitative estimate of drug-likeness (QED) is 0.303. The molecular formula is C36H45F3N6. The van der Waals surface area contributed by atoms with Gasteiger partial charge in [-0.1, -0.05) is 42.5 Å². The summed E-state index contributed by atoms with van der Waals surface area (Å²) in [4.78, 5) is 19.3. The lowest BCUT2D eigenvalue weighted by atomic mass is 9.90. The Labute approximate surface area is 265 Å². The number of likely N-dealkylation sites (N-methyl/N-ethyl adjacent to an activating group) is 1. The molecule has 3 aliphatic rings. The summed E-state index contributed by atoms with van der Waals surface area (Å²) < 4.78 is 45.0. The summed E-state index contributed by atoms with van der Waals surface area (Å²) in [6.07, 6.45) is 18.5. The molecule has 0 unspecified atom stereocenters. The van der Waals surface area contributed by atoms with Gasteiger partial charge in [0.15, 0.2) is 5.82 Å². The van der Waals surface area contributed by atoms with Crippen molar-refractivity contribution in [3.05, 3.63) is 94.4 Å². The van der Waals surface area contributed by atoms with Gasteiger partial charge in [-0.3, -0.25) is 4.90 Å². The van der Waals surface area contributed by atoms with E-state index < -0.39 is 5.92 Å². The first-order chi connectivity index (χ1) is 21.7. The molecule has 0 aliphatic carbocycles. The van der Waals surface area contributed by atoms with E-state index in [1.165, 1.54) is 6.42 Å². The minimum absolute atomic E-state index is 0.139. The first-order valence-corrected chi connectivity index (χ1v) is 16.0. The molecule has 0 aromatic carbocycles. The van der Waals surface area contributed by atoms with Gasteiger partial charge in [-0.15, -0.1) is 0 Å². The van der Waals surface area contributed by atoms with Gasteiger partial charge in [0.2, 0.25) is 0 Å². The number of likely N-dealkylation sites (tertiary alicyclic amines) is 1. The van der Waals surface area contributed by atoms with Crippen LogP contribution in [0, 0.1) is 0 Å². The number of piperidine rings is 1. The molecule has 45 heavy (non-hydrogen) atoms. The smallest absolute Gasteiger partial charge is 0.261 e. The number of halogens is 3. The molecule has 0 spiro atoms. The lowest BCUT2D eigenvalue weighted by molar-refractivity contribution is 0.0131. The van der Waals surface area contributed by atoms with Crippen LogP contribution in [0.5, 0.6) is 0 Å². The van der Waals surface area contributed by atoms with E-state index in [2.05, 4.69) is 9.88 Å². The fraction of sp³-hybridized carbons (Fsp3) is 0.444. The Bertz CT molecular complexity index is 1610. The second kappa shape index (κ2) is 14.1. The van der Waals surface area contributed by atoms with E-state index in [0.29, 0.717) is 47.8 Å². The van der Waals surface area contributed by atoms with Crippen LogP contribution < -0.4 is 4.90 Å². The van der Waals surface area contributed by atoms with Crippen LogP contribution in [0.3, 0.4) is 0 Å². The summed E-state index contributed by atoms with van der Waals surface area (Å²) in [7, 11) is 1.95. The minimum Gasteiger partial charge on any atom is -0.371 e. The van der Waals surface area contributed by atoms with E-state index in [9.17, 15) is 8.78 Å². The number of aromatic nitrogens is 3. The molecule has 2 fully saturated rings. The topological polar surface area (TPSA) is 51.3 Å². The predicted octanol–water partition coefficient (Wildman–Crippen LogP) is 8.14. The summed E-state index contributed by atoms with van der Waals surface area (Å²) in [6.45, 7) is 10.5. The molecule has 0 bridgehead atoms. The van der Waals surface area contributed by atoms with Crippen molar-refractivity contribution in [2.75, 3.05) is 51.2 Å². The summed E-state index contributed by atoms with van der Waals surface area (Å²) in [6, 6.07) is 1.92. The fourth-order valence-electron chi connectivity index (χ4n) is 6.59. The lowest BCUT2D eigenvalue weighted by Crippen LogP contribution is -2.30. The average molecular weight is 619 g/mol. The van der Waals surface area contributed by atoms with Crippen molar-refractivity contribution in [1.82, 2.24) is 24.8 Å². The Morgan fingerprint density at radius 2 is 1.84 bits per heavy atom. The SMILES string of the molecule is C/C=C/C(=C\C(=C/C)C(=C/C)\C(F)=C1\C(c2nc3c(N4CCCCC4)nccc3[nH]2)=CCN(C)\C1=C\C)CN1CCC(F)(F)C1. The van der Waals surface area contributed by atoms with Crippen molar-refractivity contribution in [1.29, 1.82) is 0 Å². The summed E-state index contributed by atoms with van der Waals surface area (Å²) >= 11 is 0. The second-order valence-corrected chi connectivity index (χ2v) is 12.0. The van der Waals surface area contributed by atoms with Crippen molar-refractivity contribution in [3.63, 3.8) is 0 Å². The number of alkyl halides is 2. The van der Waals surface area contributed by atoms with Crippen LogP contribution in [-0.2, 0) is 0 Å². The Kier molecular flexibility index (Phi) is 10.2. The van der Waals surface area contributed by atoms with Gasteiger partial charge in [0.25, 0.3) is 5.92 Å². The van der Waals surface area contributed by atoms with E-state index in [1.54, 1.807) is 17.2 Å². The number of nitrogens with zero attached hydrogens (tertiary/aromatic N) is 5. The average Bonchev–Trinajstić information content (AvgIpc) is 3.63. The van der Waals surface area contributed by atoms with Crippen LogP contribution in [0.25, 0.3) is 16.6 Å². The summed E-state index contributed by atoms with van der Waals surface area (Å²) in [5.41, 5.74) is 5.57. The molecule has 6 nitrogen and oxygen atoms in total.